The number of nitrogens with zero attached hydrogens (tertiary/aromatic N) is 2. The molecule has 0 aliphatic heterocycles. The summed E-state index contributed by atoms with van der Waals surface area (Å²) < 4.78 is 0. The minimum absolute atomic E-state index is 1.10. The van der Waals surface area contributed by atoms with Gasteiger partial charge in [0.25, 0.3) is 0 Å². The number of aromatic nitrogens is 2. The van der Waals surface area contributed by atoms with Gasteiger partial charge in [-0.1, -0.05) is 6.07 Å². The molecule has 0 saturated heterocycles. The Morgan fingerprint density at radius 2 is 1.33 bits per heavy atom. The maximum atomic E-state index is 4.23. The zero-order chi connectivity index (χ0) is 11.1. The summed E-state index contributed by atoms with van der Waals surface area (Å²) in [5, 5.41) is 0. The van der Waals surface area contributed by atoms with Crippen molar-refractivity contribution in [1.82, 2.24) is 9.97 Å². The minimum Gasteiger partial charge on any atom is -0.265 e. The van der Waals surface area contributed by atoms with Crippen molar-refractivity contribution in [2.45, 2.75) is 20.8 Å². The van der Waals surface area contributed by atoms with Gasteiger partial charge < -0.3 is 0 Å². The van der Waals surface area contributed by atoms with Gasteiger partial charge in [0.05, 0.1) is 0 Å². The fourth-order valence-electron chi connectivity index (χ4n) is 1.36. The van der Waals surface area contributed by atoms with E-state index in [9.17, 15) is 0 Å². The normalized spacial score (nSPS) is 9.00. The Kier molecular flexibility index (Phi) is 4.48. The van der Waals surface area contributed by atoms with Crippen LogP contribution < -0.4 is 0 Å². The quantitative estimate of drug-likeness (QED) is 0.653. The number of aryl methyl sites for hydroxylation is 3. The van der Waals surface area contributed by atoms with Crippen LogP contribution in [0.3, 0.4) is 0 Å². The average Bonchev–Trinajstić information content (AvgIpc) is 2.19. The molecule has 2 rings (SSSR count). The van der Waals surface area contributed by atoms with Crippen molar-refractivity contribution in [2.24, 2.45) is 0 Å². The number of hydrogen-bond donors (Lipinski definition) is 0. The van der Waals surface area contributed by atoms with E-state index >= 15 is 0 Å². The van der Waals surface area contributed by atoms with Gasteiger partial charge in [0.15, 0.2) is 0 Å². The number of rotatable bonds is 0. The average molecular weight is 200 g/mol. The van der Waals surface area contributed by atoms with Crippen molar-refractivity contribution in [3.05, 3.63) is 59.7 Å². The molecule has 0 aliphatic carbocycles. The van der Waals surface area contributed by atoms with Crippen molar-refractivity contribution in [3.63, 3.8) is 0 Å². The predicted molar refractivity (Wildman–Crippen MR) is 62.7 cm³/mol. The molecule has 0 fully saturated rings. The van der Waals surface area contributed by atoms with E-state index in [1.807, 2.05) is 32.0 Å². The highest BCUT2D eigenvalue weighted by atomic mass is 14.7. The van der Waals surface area contributed by atoms with Crippen LogP contribution in [0.25, 0.3) is 0 Å². The highest BCUT2D eigenvalue weighted by Crippen LogP contribution is 2.01. The Balaban J connectivity index is 0.000000162. The standard InChI is InChI=1S/C8H11N.C5H5N/c1-6-4-7(2)9-8(3)5-6;1-2-4-6-5-3-1/h4-5H,1-3H3;1-5H. The van der Waals surface area contributed by atoms with Crippen molar-refractivity contribution in [2.75, 3.05) is 0 Å². The summed E-state index contributed by atoms with van der Waals surface area (Å²) in [4.78, 5) is 8.02. The molecule has 0 saturated carbocycles. The molecule has 0 N–H and O–H groups in total. The number of pyridine rings is 2. The van der Waals surface area contributed by atoms with Gasteiger partial charge in [0.2, 0.25) is 0 Å². The van der Waals surface area contributed by atoms with Gasteiger partial charge in [-0.25, -0.2) is 0 Å². The summed E-state index contributed by atoms with van der Waals surface area (Å²) in [5.41, 5.74) is 3.50. The van der Waals surface area contributed by atoms with Crippen molar-refractivity contribution < 1.29 is 0 Å². The van der Waals surface area contributed by atoms with Gasteiger partial charge in [-0.2, -0.15) is 0 Å². The summed E-state index contributed by atoms with van der Waals surface area (Å²) in [6.07, 6.45) is 3.50. The fourth-order valence-corrected chi connectivity index (χ4v) is 1.36. The molecule has 0 radical (unpaired) electrons. The van der Waals surface area contributed by atoms with Crippen molar-refractivity contribution in [1.29, 1.82) is 0 Å². The topological polar surface area (TPSA) is 25.8 Å². The maximum Gasteiger partial charge on any atom is 0.0378 e. The molecule has 2 heteroatoms. The van der Waals surface area contributed by atoms with E-state index in [0.29, 0.717) is 0 Å². The second-order valence-electron chi connectivity index (χ2n) is 3.45. The minimum atomic E-state index is 1.10. The maximum absolute atomic E-state index is 4.23. The van der Waals surface area contributed by atoms with E-state index in [0.717, 1.165) is 11.4 Å². The smallest absolute Gasteiger partial charge is 0.0378 e. The molecule has 0 bridgehead atoms. The molecule has 0 unspecified atom stereocenters. The Hall–Kier alpha value is -1.70. The summed E-state index contributed by atoms with van der Waals surface area (Å²) >= 11 is 0. The SMILES string of the molecule is Cc1cc(C)nc(C)c1.c1ccncc1. The zero-order valence-electron chi connectivity index (χ0n) is 9.44. The Bertz CT molecular complexity index is 319. The lowest BCUT2D eigenvalue weighted by molar-refractivity contribution is 1.10. The first-order valence-corrected chi connectivity index (χ1v) is 4.95. The molecular weight excluding hydrogens is 184 g/mol. The predicted octanol–water partition coefficient (Wildman–Crippen LogP) is 3.09. The molecule has 2 aromatic rings. The van der Waals surface area contributed by atoms with Gasteiger partial charge in [0.1, 0.15) is 0 Å². The largest absolute Gasteiger partial charge is 0.265 e. The van der Waals surface area contributed by atoms with E-state index in [-0.39, 0.29) is 0 Å². The van der Waals surface area contributed by atoms with Crippen molar-refractivity contribution in [3.8, 4) is 0 Å². The molecule has 0 spiro atoms. The first-order valence-electron chi connectivity index (χ1n) is 4.95. The zero-order valence-corrected chi connectivity index (χ0v) is 9.44. The van der Waals surface area contributed by atoms with E-state index in [4.69, 9.17) is 0 Å². The van der Waals surface area contributed by atoms with Crippen LogP contribution in [0.1, 0.15) is 17.0 Å². The van der Waals surface area contributed by atoms with Crippen LogP contribution in [0.15, 0.2) is 42.7 Å². The third-order valence-electron chi connectivity index (χ3n) is 1.79. The Labute approximate surface area is 91.0 Å². The molecule has 2 nitrogen and oxygen atoms in total. The molecular formula is C13H16N2. The summed E-state index contributed by atoms with van der Waals surface area (Å²) in [5.74, 6) is 0. The molecule has 0 aliphatic rings. The third-order valence-corrected chi connectivity index (χ3v) is 1.79. The molecule has 0 atom stereocenters. The Morgan fingerprint density at radius 1 is 0.800 bits per heavy atom. The van der Waals surface area contributed by atoms with Crippen molar-refractivity contribution >= 4 is 0 Å². The van der Waals surface area contributed by atoms with Crippen LogP contribution in [0, 0.1) is 20.8 Å². The van der Waals surface area contributed by atoms with Crippen LogP contribution in [0.5, 0.6) is 0 Å². The van der Waals surface area contributed by atoms with Crippen LogP contribution in [-0.2, 0) is 0 Å². The molecule has 15 heavy (non-hydrogen) atoms. The van der Waals surface area contributed by atoms with E-state index in [1.165, 1.54) is 5.56 Å². The molecule has 2 heterocycles. The molecule has 0 aromatic carbocycles. The van der Waals surface area contributed by atoms with E-state index in [1.54, 1.807) is 12.4 Å². The van der Waals surface area contributed by atoms with Gasteiger partial charge in [-0.05, 0) is 50.6 Å². The first-order chi connectivity index (χ1) is 7.18. The first kappa shape index (κ1) is 11.4. The fraction of sp³-hybridized carbons (Fsp3) is 0.231. The second-order valence-corrected chi connectivity index (χ2v) is 3.45. The summed E-state index contributed by atoms with van der Waals surface area (Å²) in [6, 6.07) is 9.87. The van der Waals surface area contributed by atoms with E-state index in [2.05, 4.69) is 29.0 Å². The number of hydrogen-bond acceptors (Lipinski definition) is 2. The monoisotopic (exact) mass is 200 g/mol. The van der Waals surface area contributed by atoms with Crippen LogP contribution in [-0.4, -0.2) is 9.97 Å². The summed E-state index contributed by atoms with van der Waals surface area (Å²) in [6.45, 7) is 6.11. The van der Waals surface area contributed by atoms with Gasteiger partial charge in [-0.3, -0.25) is 9.97 Å². The van der Waals surface area contributed by atoms with Gasteiger partial charge >= 0.3 is 0 Å². The van der Waals surface area contributed by atoms with Crippen LogP contribution >= 0.6 is 0 Å². The van der Waals surface area contributed by atoms with Gasteiger partial charge in [0, 0.05) is 23.8 Å². The highest BCUT2D eigenvalue weighted by molar-refractivity contribution is 5.18. The molecule has 78 valence electrons. The second kappa shape index (κ2) is 5.91. The summed E-state index contributed by atoms with van der Waals surface area (Å²) in [7, 11) is 0. The lowest BCUT2D eigenvalue weighted by Gasteiger charge is -1.96. The van der Waals surface area contributed by atoms with Crippen LogP contribution in [0.2, 0.25) is 0 Å². The molecule has 0 amide bonds. The Morgan fingerprint density at radius 3 is 1.60 bits per heavy atom. The molecule has 2 aromatic heterocycles. The highest BCUT2D eigenvalue weighted by Gasteiger charge is 1.88. The lowest BCUT2D eigenvalue weighted by Crippen LogP contribution is -1.85. The van der Waals surface area contributed by atoms with Crippen LogP contribution in [0.4, 0.5) is 0 Å². The lowest BCUT2D eigenvalue weighted by atomic mass is 10.2. The van der Waals surface area contributed by atoms with Gasteiger partial charge in [-0.15, -0.1) is 0 Å². The van der Waals surface area contributed by atoms with E-state index < -0.39 is 0 Å². The third kappa shape index (κ3) is 4.91.